The molecule has 0 fully saturated rings. The smallest absolute Gasteiger partial charge is 0.119 e. The monoisotopic (exact) mass is 412 g/mol. The molecule has 21 heavy (non-hydrogen) atoms. The molecule has 0 heterocycles. The molecule has 1 unspecified atom stereocenters. The summed E-state index contributed by atoms with van der Waals surface area (Å²) >= 11 is 7.15. The molecule has 0 aliphatic carbocycles. The minimum absolute atomic E-state index is 0.00688. The summed E-state index contributed by atoms with van der Waals surface area (Å²) in [7, 11) is 1.66. The molecule has 0 radical (unpaired) electrons. The van der Waals surface area contributed by atoms with Crippen LogP contribution in [0.4, 0.5) is 5.69 Å². The minimum Gasteiger partial charge on any atom is -0.497 e. The van der Waals surface area contributed by atoms with Gasteiger partial charge in [-0.15, -0.1) is 0 Å². The Morgan fingerprint density at radius 3 is 2.52 bits per heavy atom. The average Bonchev–Trinajstić information content (AvgIpc) is 2.49. The Morgan fingerprint density at radius 2 is 1.86 bits per heavy atom. The molecular weight excluding hydrogens is 396 g/mol. The quantitative estimate of drug-likeness (QED) is 0.750. The van der Waals surface area contributed by atoms with Gasteiger partial charge in [-0.3, -0.25) is 0 Å². The zero-order valence-corrected chi connectivity index (χ0v) is 15.2. The molecule has 0 aliphatic heterocycles. The number of nitrogens with one attached hydrogen (secondary N) is 1. The van der Waals surface area contributed by atoms with Crippen molar-refractivity contribution < 1.29 is 4.74 Å². The van der Waals surface area contributed by atoms with Gasteiger partial charge in [0, 0.05) is 21.2 Å². The Bertz CT molecular complexity index is 632. The normalized spacial score (nSPS) is 12.0. The van der Waals surface area contributed by atoms with E-state index in [0.717, 1.165) is 25.9 Å². The first-order valence-corrected chi connectivity index (χ1v) is 8.20. The van der Waals surface area contributed by atoms with E-state index in [2.05, 4.69) is 56.2 Å². The van der Waals surface area contributed by atoms with Crippen LogP contribution in [-0.4, -0.2) is 13.7 Å². The number of methoxy groups -OCH3 is 1. The molecule has 0 amide bonds. The summed E-state index contributed by atoms with van der Waals surface area (Å²) in [5.74, 6) is 0.816. The molecule has 112 valence electrons. The first kappa shape index (κ1) is 16.3. The van der Waals surface area contributed by atoms with E-state index >= 15 is 0 Å². The van der Waals surface area contributed by atoms with Crippen molar-refractivity contribution in [2.24, 2.45) is 5.73 Å². The van der Waals surface area contributed by atoms with Crippen molar-refractivity contribution in [3.63, 3.8) is 0 Å². The van der Waals surface area contributed by atoms with Gasteiger partial charge in [-0.2, -0.15) is 0 Å². The van der Waals surface area contributed by atoms with Gasteiger partial charge in [0.1, 0.15) is 5.75 Å². The second-order valence-electron chi connectivity index (χ2n) is 4.80. The maximum atomic E-state index is 5.96. The van der Waals surface area contributed by atoms with Crippen LogP contribution in [0, 0.1) is 6.92 Å². The van der Waals surface area contributed by atoms with Crippen molar-refractivity contribution >= 4 is 37.5 Å². The van der Waals surface area contributed by atoms with E-state index in [4.69, 9.17) is 10.5 Å². The number of rotatable bonds is 5. The van der Waals surface area contributed by atoms with E-state index in [1.54, 1.807) is 7.11 Å². The molecule has 3 N–H and O–H groups in total. The summed E-state index contributed by atoms with van der Waals surface area (Å²) in [6.07, 6.45) is 0. The van der Waals surface area contributed by atoms with Gasteiger partial charge in [-0.25, -0.2) is 0 Å². The Kier molecular flexibility index (Phi) is 5.67. The van der Waals surface area contributed by atoms with Gasteiger partial charge in [0.25, 0.3) is 0 Å². The van der Waals surface area contributed by atoms with E-state index in [-0.39, 0.29) is 6.04 Å². The van der Waals surface area contributed by atoms with Crippen LogP contribution in [0.3, 0.4) is 0 Å². The van der Waals surface area contributed by atoms with Gasteiger partial charge in [-0.1, -0.05) is 22.0 Å². The second kappa shape index (κ2) is 7.29. The van der Waals surface area contributed by atoms with Crippen molar-refractivity contribution in [3.05, 3.63) is 56.5 Å². The van der Waals surface area contributed by atoms with Crippen LogP contribution < -0.4 is 15.8 Å². The Balaban J connectivity index is 2.34. The lowest BCUT2D eigenvalue weighted by Gasteiger charge is -2.21. The largest absolute Gasteiger partial charge is 0.497 e. The SMILES string of the molecule is COc1ccc(Br)c(C(CN)Nc2cc(C)ccc2Br)c1. The average molecular weight is 414 g/mol. The number of hydrogen-bond acceptors (Lipinski definition) is 3. The van der Waals surface area contributed by atoms with Gasteiger partial charge >= 0.3 is 0 Å². The first-order valence-electron chi connectivity index (χ1n) is 6.61. The fourth-order valence-electron chi connectivity index (χ4n) is 2.12. The summed E-state index contributed by atoms with van der Waals surface area (Å²) in [4.78, 5) is 0. The van der Waals surface area contributed by atoms with Gasteiger partial charge in [0.15, 0.2) is 0 Å². The molecule has 0 aromatic heterocycles. The van der Waals surface area contributed by atoms with Gasteiger partial charge in [-0.05, 0) is 64.3 Å². The number of halogens is 2. The van der Waals surface area contributed by atoms with Crippen LogP contribution >= 0.6 is 31.9 Å². The van der Waals surface area contributed by atoms with Crippen LogP contribution in [-0.2, 0) is 0 Å². The van der Waals surface area contributed by atoms with Crippen LogP contribution in [0.25, 0.3) is 0 Å². The molecule has 1 atom stereocenters. The van der Waals surface area contributed by atoms with Crippen molar-refractivity contribution in [1.82, 2.24) is 0 Å². The summed E-state index contributed by atoms with van der Waals surface area (Å²) < 4.78 is 7.33. The number of hydrogen-bond donors (Lipinski definition) is 2. The Hall–Kier alpha value is -1.04. The summed E-state index contributed by atoms with van der Waals surface area (Å²) in [5, 5.41) is 3.49. The molecular formula is C16H18Br2N2O. The van der Waals surface area contributed by atoms with Crippen LogP contribution in [0.1, 0.15) is 17.2 Å². The number of ether oxygens (including phenoxy) is 1. The maximum Gasteiger partial charge on any atom is 0.119 e. The molecule has 5 heteroatoms. The lowest BCUT2D eigenvalue weighted by Crippen LogP contribution is -2.21. The van der Waals surface area contributed by atoms with E-state index in [1.165, 1.54) is 5.56 Å². The van der Waals surface area contributed by atoms with Gasteiger partial charge in [0.2, 0.25) is 0 Å². The standard InChI is InChI=1S/C16H18Br2N2O/c1-10-3-5-14(18)15(7-10)20-16(9-19)12-8-11(21-2)4-6-13(12)17/h3-8,16,20H,9,19H2,1-2H3. The lowest BCUT2D eigenvalue weighted by atomic mass is 10.1. The van der Waals surface area contributed by atoms with Gasteiger partial charge < -0.3 is 15.8 Å². The highest BCUT2D eigenvalue weighted by molar-refractivity contribution is 9.11. The van der Waals surface area contributed by atoms with E-state index in [0.29, 0.717) is 6.54 Å². The Morgan fingerprint density at radius 1 is 1.14 bits per heavy atom. The number of aryl methyl sites for hydroxylation is 1. The highest BCUT2D eigenvalue weighted by atomic mass is 79.9. The molecule has 0 spiro atoms. The molecule has 2 aromatic rings. The third kappa shape index (κ3) is 3.99. The molecule has 0 saturated heterocycles. The Labute approximate surface area is 142 Å². The zero-order valence-electron chi connectivity index (χ0n) is 12.0. The number of nitrogens with two attached hydrogens (primary N) is 1. The van der Waals surface area contributed by atoms with E-state index < -0.39 is 0 Å². The van der Waals surface area contributed by atoms with Crippen molar-refractivity contribution in [3.8, 4) is 5.75 Å². The predicted molar refractivity (Wildman–Crippen MR) is 95.0 cm³/mol. The first-order chi connectivity index (χ1) is 10.0. The zero-order chi connectivity index (χ0) is 15.4. The second-order valence-corrected chi connectivity index (χ2v) is 6.51. The van der Waals surface area contributed by atoms with E-state index in [1.807, 2.05) is 24.3 Å². The molecule has 3 nitrogen and oxygen atoms in total. The van der Waals surface area contributed by atoms with Crippen LogP contribution in [0.2, 0.25) is 0 Å². The number of benzene rings is 2. The van der Waals surface area contributed by atoms with Crippen molar-refractivity contribution in [2.75, 3.05) is 19.0 Å². The fraction of sp³-hybridized carbons (Fsp3) is 0.250. The summed E-state index contributed by atoms with van der Waals surface area (Å²) in [6, 6.07) is 12.1. The third-order valence-electron chi connectivity index (χ3n) is 3.27. The van der Waals surface area contributed by atoms with Gasteiger partial charge in [0.05, 0.1) is 13.2 Å². The topological polar surface area (TPSA) is 47.3 Å². The highest BCUT2D eigenvalue weighted by Crippen LogP contribution is 2.32. The lowest BCUT2D eigenvalue weighted by molar-refractivity contribution is 0.414. The number of anilines is 1. The molecule has 2 rings (SSSR count). The predicted octanol–water partition coefficient (Wildman–Crippen LogP) is 4.64. The molecule has 0 aliphatic rings. The minimum atomic E-state index is -0.00688. The fourth-order valence-corrected chi connectivity index (χ4v) is 3.00. The molecule has 2 aromatic carbocycles. The van der Waals surface area contributed by atoms with Crippen molar-refractivity contribution in [2.45, 2.75) is 13.0 Å². The maximum absolute atomic E-state index is 5.96. The third-order valence-corrected chi connectivity index (χ3v) is 4.68. The molecule has 0 bridgehead atoms. The van der Waals surface area contributed by atoms with Crippen molar-refractivity contribution in [1.29, 1.82) is 0 Å². The highest BCUT2D eigenvalue weighted by Gasteiger charge is 2.15. The van der Waals surface area contributed by atoms with E-state index in [9.17, 15) is 0 Å². The van der Waals surface area contributed by atoms with Crippen LogP contribution in [0.5, 0.6) is 5.75 Å². The molecule has 0 saturated carbocycles. The van der Waals surface area contributed by atoms with Crippen LogP contribution in [0.15, 0.2) is 45.3 Å². The summed E-state index contributed by atoms with van der Waals surface area (Å²) in [6.45, 7) is 2.54. The summed E-state index contributed by atoms with van der Waals surface area (Å²) in [5.41, 5.74) is 9.26.